The number of nitrogens with zero attached hydrogens (tertiary/aromatic N) is 3. The molecular formula is C23H38IN5O3. The molecule has 0 aromatic heterocycles. The first kappa shape index (κ1) is 28.0. The molecule has 1 aliphatic heterocycles. The molecule has 1 saturated heterocycles. The van der Waals surface area contributed by atoms with Gasteiger partial charge in [-0.2, -0.15) is 0 Å². The van der Waals surface area contributed by atoms with E-state index >= 15 is 0 Å². The number of likely N-dealkylation sites (tertiary alicyclic amines) is 1. The highest BCUT2D eigenvalue weighted by atomic mass is 127. The maximum Gasteiger partial charge on any atom is 0.407 e. The van der Waals surface area contributed by atoms with Crippen molar-refractivity contribution in [3.63, 3.8) is 0 Å². The van der Waals surface area contributed by atoms with Crippen LogP contribution in [0.2, 0.25) is 0 Å². The third kappa shape index (κ3) is 8.48. The van der Waals surface area contributed by atoms with E-state index < -0.39 is 5.60 Å². The zero-order chi connectivity index (χ0) is 23.0. The Bertz CT molecular complexity index is 773. The van der Waals surface area contributed by atoms with Crippen molar-refractivity contribution in [3.05, 3.63) is 35.4 Å². The van der Waals surface area contributed by atoms with Gasteiger partial charge in [0.2, 0.25) is 0 Å². The molecule has 2 amide bonds. The molecule has 1 heterocycles. The Labute approximate surface area is 209 Å². The van der Waals surface area contributed by atoms with Crippen LogP contribution in [-0.2, 0) is 11.3 Å². The smallest absolute Gasteiger partial charge is 0.407 e. The fourth-order valence-corrected chi connectivity index (χ4v) is 3.52. The normalized spacial score (nSPS) is 16.2. The molecule has 0 bridgehead atoms. The first-order chi connectivity index (χ1) is 14.7. The minimum absolute atomic E-state index is 0. The van der Waals surface area contributed by atoms with Crippen LogP contribution in [0, 0.1) is 0 Å². The maximum atomic E-state index is 12.4. The number of hydrogen-bond acceptors (Lipinski definition) is 4. The number of ether oxygens (including phenoxy) is 1. The van der Waals surface area contributed by atoms with Gasteiger partial charge in [0.15, 0.2) is 5.96 Å². The Morgan fingerprint density at radius 3 is 2.34 bits per heavy atom. The molecule has 180 valence electrons. The highest BCUT2D eigenvalue weighted by Gasteiger charge is 2.27. The quantitative estimate of drug-likeness (QED) is 0.317. The van der Waals surface area contributed by atoms with Crippen molar-refractivity contribution < 1.29 is 14.3 Å². The van der Waals surface area contributed by atoms with Crippen molar-refractivity contribution in [1.82, 2.24) is 20.4 Å². The van der Waals surface area contributed by atoms with Gasteiger partial charge in [0.25, 0.3) is 5.91 Å². The van der Waals surface area contributed by atoms with Crippen molar-refractivity contribution in [2.24, 2.45) is 4.99 Å². The largest absolute Gasteiger partial charge is 0.444 e. The summed E-state index contributed by atoms with van der Waals surface area (Å²) in [6.07, 6.45) is 0.448. The summed E-state index contributed by atoms with van der Waals surface area (Å²) in [5.41, 5.74) is 1.26. The zero-order valence-electron chi connectivity index (χ0n) is 20.1. The molecule has 2 N–H and O–H groups in total. The average molecular weight is 559 g/mol. The van der Waals surface area contributed by atoms with Crippen LogP contribution in [0.15, 0.2) is 29.3 Å². The standard InChI is InChI=1S/C23H37N5O3.HI/c1-7-27(8-2)20(29)18-11-9-17(10-12-18)15-25-21(24-6)28-14-13-19(16-28)26-22(30)31-23(3,4)5;/h9-12,19H,7-8,13-16H2,1-6H3,(H,24,25)(H,26,30);1H. The van der Waals surface area contributed by atoms with E-state index in [-0.39, 0.29) is 42.0 Å². The zero-order valence-corrected chi connectivity index (χ0v) is 22.4. The second-order valence-corrected chi connectivity index (χ2v) is 8.65. The summed E-state index contributed by atoms with van der Waals surface area (Å²) in [6, 6.07) is 7.70. The average Bonchev–Trinajstić information content (AvgIpc) is 3.16. The van der Waals surface area contributed by atoms with Crippen LogP contribution >= 0.6 is 24.0 Å². The minimum Gasteiger partial charge on any atom is -0.444 e. The number of alkyl carbamates (subject to hydrolysis) is 1. The van der Waals surface area contributed by atoms with Crippen LogP contribution in [-0.4, -0.2) is 72.6 Å². The first-order valence-electron chi connectivity index (χ1n) is 11.0. The van der Waals surface area contributed by atoms with Gasteiger partial charge >= 0.3 is 6.09 Å². The lowest BCUT2D eigenvalue weighted by Gasteiger charge is -2.23. The minimum atomic E-state index is -0.508. The molecule has 9 heteroatoms. The van der Waals surface area contributed by atoms with Gasteiger partial charge in [-0.3, -0.25) is 9.79 Å². The lowest BCUT2D eigenvalue weighted by Crippen LogP contribution is -2.44. The number of halogens is 1. The van der Waals surface area contributed by atoms with E-state index in [0.717, 1.165) is 24.5 Å². The van der Waals surface area contributed by atoms with E-state index in [1.807, 2.05) is 63.8 Å². The van der Waals surface area contributed by atoms with Crippen LogP contribution < -0.4 is 10.6 Å². The van der Waals surface area contributed by atoms with Gasteiger partial charge in [0, 0.05) is 45.3 Å². The lowest BCUT2D eigenvalue weighted by molar-refractivity contribution is 0.0507. The van der Waals surface area contributed by atoms with Crippen molar-refractivity contribution in [2.45, 2.75) is 59.2 Å². The summed E-state index contributed by atoms with van der Waals surface area (Å²) in [5.74, 6) is 0.845. The molecule has 1 aliphatic rings. The van der Waals surface area contributed by atoms with Crippen LogP contribution in [0.3, 0.4) is 0 Å². The van der Waals surface area contributed by atoms with Gasteiger partial charge in [-0.1, -0.05) is 12.1 Å². The molecule has 0 spiro atoms. The van der Waals surface area contributed by atoms with Gasteiger partial charge in [-0.25, -0.2) is 4.79 Å². The van der Waals surface area contributed by atoms with E-state index in [4.69, 9.17) is 4.74 Å². The molecule has 1 aromatic carbocycles. The number of rotatable bonds is 6. The molecule has 0 saturated carbocycles. The number of guanidine groups is 1. The molecule has 2 rings (SSSR count). The number of hydrogen-bond donors (Lipinski definition) is 2. The lowest BCUT2D eigenvalue weighted by atomic mass is 10.1. The SMILES string of the molecule is CCN(CC)C(=O)c1ccc(CNC(=NC)N2CCC(NC(=O)OC(C)(C)C)C2)cc1.I. The Morgan fingerprint density at radius 1 is 1.19 bits per heavy atom. The Balaban J connectivity index is 0.00000512. The summed E-state index contributed by atoms with van der Waals surface area (Å²) >= 11 is 0. The molecule has 1 atom stereocenters. The van der Waals surface area contributed by atoms with Crippen LogP contribution in [0.4, 0.5) is 4.79 Å². The van der Waals surface area contributed by atoms with E-state index in [0.29, 0.717) is 31.7 Å². The first-order valence-corrected chi connectivity index (χ1v) is 11.0. The van der Waals surface area contributed by atoms with Crippen molar-refractivity contribution in [3.8, 4) is 0 Å². The highest BCUT2D eigenvalue weighted by Crippen LogP contribution is 2.13. The highest BCUT2D eigenvalue weighted by molar-refractivity contribution is 14.0. The Kier molecular flexibility index (Phi) is 11.2. The predicted molar refractivity (Wildman–Crippen MR) is 139 cm³/mol. The number of amides is 2. The van der Waals surface area contributed by atoms with E-state index in [1.54, 1.807) is 7.05 Å². The fraction of sp³-hybridized carbons (Fsp3) is 0.609. The maximum absolute atomic E-state index is 12.4. The molecule has 1 unspecified atom stereocenters. The fourth-order valence-electron chi connectivity index (χ4n) is 3.52. The van der Waals surface area contributed by atoms with Gasteiger partial charge in [0.1, 0.15) is 5.60 Å². The van der Waals surface area contributed by atoms with Crippen LogP contribution in [0.5, 0.6) is 0 Å². The molecule has 0 radical (unpaired) electrons. The van der Waals surface area contributed by atoms with E-state index in [2.05, 4.69) is 20.5 Å². The van der Waals surface area contributed by atoms with E-state index in [9.17, 15) is 9.59 Å². The second kappa shape index (κ2) is 12.9. The molecule has 1 fully saturated rings. The molecule has 0 aliphatic carbocycles. The molecule has 1 aromatic rings. The van der Waals surface area contributed by atoms with Gasteiger partial charge < -0.3 is 25.2 Å². The third-order valence-electron chi connectivity index (χ3n) is 5.12. The van der Waals surface area contributed by atoms with Crippen molar-refractivity contribution >= 4 is 41.9 Å². The molecule has 32 heavy (non-hydrogen) atoms. The predicted octanol–water partition coefficient (Wildman–Crippen LogP) is 3.46. The number of carbonyl (C=O) groups excluding carboxylic acids is 2. The summed E-state index contributed by atoms with van der Waals surface area (Å²) in [4.78, 5) is 32.7. The summed E-state index contributed by atoms with van der Waals surface area (Å²) in [5, 5.41) is 6.30. The number of nitrogens with one attached hydrogen (secondary N) is 2. The number of aliphatic imine (C=N–C) groups is 1. The summed E-state index contributed by atoms with van der Waals surface area (Å²) in [6.45, 7) is 13.0. The van der Waals surface area contributed by atoms with Crippen LogP contribution in [0.1, 0.15) is 57.0 Å². The monoisotopic (exact) mass is 559 g/mol. The van der Waals surface area contributed by atoms with Gasteiger partial charge in [-0.05, 0) is 58.7 Å². The topological polar surface area (TPSA) is 86.3 Å². The van der Waals surface area contributed by atoms with Gasteiger partial charge in [-0.15, -0.1) is 24.0 Å². The van der Waals surface area contributed by atoms with Gasteiger partial charge in [0.05, 0.1) is 6.04 Å². The van der Waals surface area contributed by atoms with Crippen LogP contribution in [0.25, 0.3) is 0 Å². The Morgan fingerprint density at radius 2 is 1.81 bits per heavy atom. The molecule has 8 nitrogen and oxygen atoms in total. The van der Waals surface area contributed by atoms with Crippen molar-refractivity contribution in [2.75, 3.05) is 33.2 Å². The second-order valence-electron chi connectivity index (χ2n) is 8.65. The number of benzene rings is 1. The van der Waals surface area contributed by atoms with E-state index in [1.165, 1.54) is 0 Å². The third-order valence-corrected chi connectivity index (χ3v) is 5.12. The summed E-state index contributed by atoms with van der Waals surface area (Å²) in [7, 11) is 1.75. The number of carbonyl (C=O) groups is 2. The summed E-state index contributed by atoms with van der Waals surface area (Å²) < 4.78 is 5.34. The Hall–Kier alpha value is -2.04. The van der Waals surface area contributed by atoms with Crippen molar-refractivity contribution in [1.29, 1.82) is 0 Å². The molecular weight excluding hydrogens is 521 g/mol.